The summed E-state index contributed by atoms with van der Waals surface area (Å²) in [6.45, 7) is 0.845. The quantitative estimate of drug-likeness (QED) is 0.867. The predicted octanol–water partition coefficient (Wildman–Crippen LogP) is 3.53. The maximum atomic E-state index is 4.32. The van der Waals surface area contributed by atoms with E-state index >= 15 is 0 Å². The Bertz CT molecular complexity index is 556. The zero-order valence-corrected chi connectivity index (χ0v) is 11.7. The fraction of sp³-hybridized carbons (Fsp3) is 0.471. The summed E-state index contributed by atoms with van der Waals surface area (Å²) in [6, 6.07) is 11.4. The molecule has 20 heavy (non-hydrogen) atoms. The summed E-state index contributed by atoms with van der Waals surface area (Å²) in [7, 11) is 0. The smallest absolute Gasteiger partial charge is 0.0679 e. The van der Waals surface area contributed by atoms with Crippen LogP contribution in [0.15, 0.2) is 42.7 Å². The van der Waals surface area contributed by atoms with Gasteiger partial charge in [-0.15, -0.1) is 0 Å². The van der Waals surface area contributed by atoms with Crippen LogP contribution < -0.4 is 5.32 Å². The molecular formula is C17H21N3. The molecule has 0 unspecified atom stereocenters. The largest absolute Gasteiger partial charge is 0.381 e. The van der Waals surface area contributed by atoms with Crippen molar-refractivity contribution in [3.8, 4) is 0 Å². The van der Waals surface area contributed by atoms with Gasteiger partial charge in [0, 0.05) is 24.1 Å². The highest BCUT2D eigenvalue weighted by Crippen LogP contribution is 2.46. The highest BCUT2D eigenvalue weighted by Gasteiger charge is 2.41. The maximum Gasteiger partial charge on any atom is 0.0679 e. The lowest BCUT2D eigenvalue weighted by Gasteiger charge is -2.21. The van der Waals surface area contributed by atoms with Crippen molar-refractivity contribution >= 4 is 5.69 Å². The average molecular weight is 267 g/mol. The molecule has 2 aliphatic carbocycles. The lowest BCUT2D eigenvalue weighted by atomic mass is 10.1. The van der Waals surface area contributed by atoms with E-state index in [0.29, 0.717) is 6.04 Å². The topological polar surface area (TPSA) is 29.9 Å². The Kier molecular flexibility index (Phi) is 2.98. The van der Waals surface area contributed by atoms with Gasteiger partial charge in [-0.2, -0.15) is 5.10 Å². The molecule has 2 aliphatic rings. The fourth-order valence-electron chi connectivity index (χ4n) is 3.08. The van der Waals surface area contributed by atoms with Crippen molar-refractivity contribution in [2.24, 2.45) is 11.8 Å². The number of para-hydroxylation sites is 1. The first kappa shape index (κ1) is 12.0. The highest BCUT2D eigenvalue weighted by molar-refractivity contribution is 5.52. The molecule has 0 amide bonds. The Morgan fingerprint density at radius 3 is 2.50 bits per heavy atom. The third-order valence-corrected chi connectivity index (χ3v) is 4.49. The summed E-state index contributed by atoms with van der Waals surface area (Å²) in [6.07, 6.45) is 9.51. The molecule has 2 aromatic rings. The van der Waals surface area contributed by atoms with Gasteiger partial charge in [0.15, 0.2) is 0 Å². The molecule has 1 aromatic heterocycles. The molecule has 104 valence electrons. The van der Waals surface area contributed by atoms with Gasteiger partial charge in [-0.3, -0.25) is 4.68 Å². The van der Waals surface area contributed by atoms with Crippen molar-refractivity contribution in [1.82, 2.24) is 9.78 Å². The Labute approximate surface area is 120 Å². The van der Waals surface area contributed by atoms with Crippen LogP contribution >= 0.6 is 0 Å². The monoisotopic (exact) mass is 267 g/mol. The molecule has 1 aromatic carbocycles. The van der Waals surface area contributed by atoms with Crippen molar-refractivity contribution in [3.63, 3.8) is 0 Å². The lowest BCUT2D eigenvalue weighted by Crippen LogP contribution is -2.25. The fourth-order valence-corrected chi connectivity index (χ4v) is 3.08. The van der Waals surface area contributed by atoms with E-state index in [2.05, 4.69) is 34.7 Å². The molecule has 0 spiro atoms. The Balaban J connectivity index is 1.54. The van der Waals surface area contributed by atoms with E-state index < -0.39 is 0 Å². The molecule has 4 rings (SSSR count). The van der Waals surface area contributed by atoms with Crippen LogP contribution in [0.3, 0.4) is 0 Å². The van der Waals surface area contributed by atoms with Crippen LogP contribution in [-0.4, -0.2) is 15.8 Å². The predicted molar refractivity (Wildman–Crippen MR) is 80.6 cm³/mol. The van der Waals surface area contributed by atoms with E-state index in [4.69, 9.17) is 0 Å². The summed E-state index contributed by atoms with van der Waals surface area (Å²) in [5.41, 5.74) is 2.63. The Morgan fingerprint density at radius 1 is 1.10 bits per heavy atom. The van der Waals surface area contributed by atoms with Gasteiger partial charge in [0.25, 0.3) is 0 Å². The first-order valence-corrected chi connectivity index (χ1v) is 7.72. The second-order valence-corrected chi connectivity index (χ2v) is 6.21. The molecule has 1 heterocycles. The summed E-state index contributed by atoms with van der Waals surface area (Å²) in [5.74, 6) is 1.83. The van der Waals surface area contributed by atoms with E-state index in [1.54, 1.807) is 0 Å². The summed E-state index contributed by atoms with van der Waals surface area (Å²) in [5, 5.41) is 8.16. The van der Waals surface area contributed by atoms with Crippen molar-refractivity contribution in [2.75, 3.05) is 5.32 Å². The van der Waals surface area contributed by atoms with E-state index in [0.717, 1.165) is 18.4 Å². The number of hydrogen-bond donors (Lipinski definition) is 1. The molecule has 0 atom stereocenters. The van der Waals surface area contributed by atoms with Crippen LogP contribution in [-0.2, 0) is 6.54 Å². The Hall–Kier alpha value is -1.77. The van der Waals surface area contributed by atoms with Crippen LogP contribution in [0.25, 0.3) is 0 Å². The summed E-state index contributed by atoms with van der Waals surface area (Å²) >= 11 is 0. The number of benzene rings is 1. The first-order chi connectivity index (χ1) is 9.90. The van der Waals surface area contributed by atoms with Crippen LogP contribution in [0.4, 0.5) is 5.69 Å². The van der Waals surface area contributed by atoms with Crippen molar-refractivity contribution in [3.05, 3.63) is 48.3 Å². The molecule has 0 bridgehead atoms. The minimum atomic E-state index is 0.703. The average Bonchev–Trinajstić information content (AvgIpc) is 3.39. The molecule has 3 nitrogen and oxygen atoms in total. The summed E-state index contributed by atoms with van der Waals surface area (Å²) < 4.78 is 1.99. The molecule has 0 aliphatic heterocycles. The second kappa shape index (κ2) is 4.97. The molecule has 2 saturated carbocycles. The zero-order chi connectivity index (χ0) is 13.4. The number of hydrogen-bond acceptors (Lipinski definition) is 2. The van der Waals surface area contributed by atoms with Gasteiger partial charge >= 0.3 is 0 Å². The highest BCUT2D eigenvalue weighted by atomic mass is 15.3. The minimum Gasteiger partial charge on any atom is -0.381 e. The molecule has 0 saturated heterocycles. The maximum absolute atomic E-state index is 4.32. The van der Waals surface area contributed by atoms with E-state index in [9.17, 15) is 0 Å². The van der Waals surface area contributed by atoms with Crippen molar-refractivity contribution < 1.29 is 0 Å². The van der Waals surface area contributed by atoms with Gasteiger partial charge in [0.05, 0.1) is 6.54 Å². The van der Waals surface area contributed by atoms with E-state index in [1.165, 1.54) is 36.9 Å². The summed E-state index contributed by atoms with van der Waals surface area (Å²) in [4.78, 5) is 0. The zero-order valence-electron chi connectivity index (χ0n) is 11.7. The van der Waals surface area contributed by atoms with Gasteiger partial charge in [0.2, 0.25) is 0 Å². The van der Waals surface area contributed by atoms with Crippen LogP contribution in [0.1, 0.15) is 31.2 Å². The number of nitrogens with one attached hydrogen (secondary N) is 1. The lowest BCUT2D eigenvalue weighted by molar-refractivity contribution is 0.566. The van der Waals surface area contributed by atoms with Gasteiger partial charge in [-0.25, -0.2) is 0 Å². The third kappa shape index (κ3) is 2.58. The van der Waals surface area contributed by atoms with Crippen LogP contribution in [0, 0.1) is 11.8 Å². The molecule has 0 radical (unpaired) electrons. The van der Waals surface area contributed by atoms with Gasteiger partial charge < -0.3 is 5.32 Å². The van der Waals surface area contributed by atoms with Crippen molar-refractivity contribution in [1.29, 1.82) is 0 Å². The van der Waals surface area contributed by atoms with Crippen LogP contribution in [0.2, 0.25) is 0 Å². The van der Waals surface area contributed by atoms with Crippen LogP contribution in [0.5, 0.6) is 0 Å². The van der Waals surface area contributed by atoms with Crippen molar-refractivity contribution in [2.45, 2.75) is 38.3 Å². The normalized spacial score (nSPS) is 18.4. The number of nitrogens with zero attached hydrogens (tertiary/aromatic N) is 2. The number of aromatic nitrogens is 2. The SMILES string of the molecule is c1ccc(NC(C2CC2)C2CC2)c(Cn2cccn2)c1. The third-order valence-electron chi connectivity index (χ3n) is 4.49. The molecule has 3 heteroatoms. The Morgan fingerprint density at radius 2 is 1.85 bits per heavy atom. The van der Waals surface area contributed by atoms with Gasteiger partial charge in [-0.1, -0.05) is 18.2 Å². The van der Waals surface area contributed by atoms with Gasteiger partial charge in [-0.05, 0) is 55.2 Å². The van der Waals surface area contributed by atoms with Gasteiger partial charge in [0.1, 0.15) is 0 Å². The number of rotatable bonds is 6. The minimum absolute atomic E-state index is 0.703. The number of anilines is 1. The molecule has 2 fully saturated rings. The molecule has 1 N–H and O–H groups in total. The molecular weight excluding hydrogens is 246 g/mol. The van der Waals surface area contributed by atoms with E-state index in [1.807, 2.05) is 23.1 Å². The van der Waals surface area contributed by atoms with E-state index in [-0.39, 0.29) is 0 Å². The first-order valence-electron chi connectivity index (χ1n) is 7.72. The second-order valence-electron chi connectivity index (χ2n) is 6.21. The standard InChI is InChI=1S/C17H21N3/c1-2-5-16(15(4-1)12-20-11-3-10-18-20)19-17(13-6-7-13)14-8-9-14/h1-5,10-11,13-14,17,19H,6-9,12H2.